The van der Waals surface area contributed by atoms with Gasteiger partial charge in [-0.2, -0.15) is 5.10 Å². The van der Waals surface area contributed by atoms with Crippen molar-refractivity contribution in [3.05, 3.63) is 101 Å². The number of carbonyl (C=O) groups is 1. The van der Waals surface area contributed by atoms with Gasteiger partial charge in [0.25, 0.3) is 5.91 Å². The monoisotopic (exact) mass is 441 g/mol. The molecule has 0 bridgehead atoms. The molecule has 1 aromatic heterocycles. The maximum Gasteiger partial charge on any atom is 0.273 e. The molecule has 2 N–H and O–H groups in total. The number of aromatic hydroxyl groups is 1. The van der Waals surface area contributed by atoms with Crippen LogP contribution in [0.2, 0.25) is 0 Å². The van der Waals surface area contributed by atoms with Gasteiger partial charge in [-0.15, -0.1) is 11.8 Å². The van der Waals surface area contributed by atoms with Gasteiger partial charge in [0.1, 0.15) is 17.1 Å². The lowest BCUT2D eigenvalue weighted by Gasteiger charge is -2.26. The van der Waals surface area contributed by atoms with E-state index in [0.717, 1.165) is 17.5 Å². The molecule has 160 valence electrons. The van der Waals surface area contributed by atoms with E-state index in [1.807, 2.05) is 41.5 Å². The molecule has 4 aromatic rings. The van der Waals surface area contributed by atoms with Gasteiger partial charge in [0.15, 0.2) is 0 Å². The number of phenols is 1. The molecular formula is C26H23N3O2S. The van der Waals surface area contributed by atoms with E-state index in [-0.39, 0.29) is 17.7 Å². The Morgan fingerprint density at radius 1 is 1.00 bits per heavy atom. The first-order chi connectivity index (χ1) is 15.7. The van der Waals surface area contributed by atoms with E-state index in [9.17, 15) is 9.90 Å². The number of hydrogen-bond donors (Lipinski definition) is 2. The summed E-state index contributed by atoms with van der Waals surface area (Å²) in [6.45, 7) is 0.584. The fourth-order valence-corrected chi connectivity index (χ4v) is 4.74. The molecule has 3 aromatic carbocycles. The van der Waals surface area contributed by atoms with E-state index in [2.05, 4.69) is 46.6 Å². The molecule has 2 heterocycles. The van der Waals surface area contributed by atoms with Gasteiger partial charge in [-0.25, -0.2) is 0 Å². The maximum absolute atomic E-state index is 13.4. The summed E-state index contributed by atoms with van der Waals surface area (Å²) in [6.07, 6.45) is 2.81. The van der Waals surface area contributed by atoms with Gasteiger partial charge in [0.05, 0.1) is 6.04 Å². The highest BCUT2D eigenvalue weighted by Gasteiger charge is 2.42. The lowest BCUT2D eigenvalue weighted by molar-refractivity contribution is 0.0746. The van der Waals surface area contributed by atoms with E-state index in [0.29, 0.717) is 23.5 Å². The Bertz CT molecular complexity index is 1250. The summed E-state index contributed by atoms with van der Waals surface area (Å²) in [5.41, 5.74) is 4.77. The minimum Gasteiger partial charge on any atom is -0.507 e. The maximum atomic E-state index is 13.4. The zero-order valence-corrected chi connectivity index (χ0v) is 18.5. The average molecular weight is 442 g/mol. The molecule has 1 aliphatic heterocycles. The second-order valence-electron chi connectivity index (χ2n) is 7.79. The number of rotatable bonds is 6. The van der Waals surface area contributed by atoms with Gasteiger partial charge in [0, 0.05) is 22.6 Å². The van der Waals surface area contributed by atoms with Gasteiger partial charge >= 0.3 is 0 Å². The van der Waals surface area contributed by atoms with Crippen LogP contribution in [0.4, 0.5) is 0 Å². The molecule has 0 unspecified atom stereocenters. The molecule has 6 heteroatoms. The molecule has 32 heavy (non-hydrogen) atoms. The summed E-state index contributed by atoms with van der Waals surface area (Å²) in [7, 11) is 0. The zero-order chi connectivity index (χ0) is 22.1. The molecule has 0 saturated heterocycles. The quantitative estimate of drug-likeness (QED) is 0.399. The second-order valence-corrected chi connectivity index (χ2v) is 8.67. The predicted molar refractivity (Wildman–Crippen MR) is 127 cm³/mol. The van der Waals surface area contributed by atoms with E-state index in [4.69, 9.17) is 0 Å². The summed E-state index contributed by atoms with van der Waals surface area (Å²) >= 11 is 1.69. The van der Waals surface area contributed by atoms with Gasteiger partial charge in [-0.3, -0.25) is 9.89 Å². The third-order valence-electron chi connectivity index (χ3n) is 5.94. The number of hydrogen-bond acceptors (Lipinski definition) is 4. The van der Waals surface area contributed by atoms with Crippen LogP contribution in [-0.2, 0) is 6.42 Å². The zero-order valence-electron chi connectivity index (χ0n) is 17.7. The largest absolute Gasteiger partial charge is 0.507 e. The second kappa shape index (κ2) is 8.55. The van der Waals surface area contributed by atoms with Crippen LogP contribution < -0.4 is 0 Å². The van der Waals surface area contributed by atoms with E-state index in [1.165, 1.54) is 10.5 Å². The van der Waals surface area contributed by atoms with Crippen LogP contribution >= 0.6 is 11.8 Å². The number of fused-ring (bicyclic) bond motifs is 1. The highest BCUT2D eigenvalue weighted by Crippen LogP contribution is 2.44. The van der Waals surface area contributed by atoms with Crippen LogP contribution in [-0.4, -0.2) is 38.9 Å². The number of benzene rings is 3. The Balaban J connectivity index is 1.59. The minimum atomic E-state index is -0.273. The standard InChI is InChI=1S/C26H23N3O2S/c1-32-19-13-11-18(12-14-19)25-22-23(20-9-5-6-10-21(20)30)27-28-24(22)26(31)29(25)16-15-17-7-3-2-4-8-17/h2-14,25,30H,15-16H2,1H3,(H,27,28)/t25-/m0/s1. The first-order valence-electron chi connectivity index (χ1n) is 10.5. The Morgan fingerprint density at radius 2 is 1.72 bits per heavy atom. The van der Waals surface area contributed by atoms with Crippen molar-refractivity contribution < 1.29 is 9.90 Å². The highest BCUT2D eigenvalue weighted by molar-refractivity contribution is 7.98. The molecule has 0 fully saturated rings. The van der Waals surface area contributed by atoms with Crippen molar-refractivity contribution in [1.29, 1.82) is 0 Å². The topological polar surface area (TPSA) is 69.2 Å². The lowest BCUT2D eigenvalue weighted by atomic mass is 9.95. The van der Waals surface area contributed by atoms with Crippen molar-refractivity contribution in [1.82, 2.24) is 15.1 Å². The Hall–Kier alpha value is -3.51. The molecule has 0 saturated carbocycles. The number of para-hydroxylation sites is 1. The third kappa shape index (κ3) is 3.56. The number of aromatic nitrogens is 2. The number of H-pyrrole nitrogens is 1. The Kier molecular flexibility index (Phi) is 5.45. The molecule has 5 nitrogen and oxygen atoms in total. The van der Waals surface area contributed by atoms with Crippen LogP contribution in [0.1, 0.15) is 33.2 Å². The Labute approximate surface area is 191 Å². The number of amides is 1. The van der Waals surface area contributed by atoms with Gasteiger partial charge in [-0.05, 0) is 48.1 Å². The molecule has 0 radical (unpaired) electrons. The number of nitrogens with zero attached hydrogens (tertiary/aromatic N) is 2. The van der Waals surface area contributed by atoms with Crippen LogP contribution in [0, 0.1) is 0 Å². The summed E-state index contributed by atoms with van der Waals surface area (Å²) < 4.78 is 0. The normalized spacial score (nSPS) is 15.2. The predicted octanol–water partition coefficient (Wildman–Crippen LogP) is 5.29. The molecular weight excluding hydrogens is 418 g/mol. The van der Waals surface area contributed by atoms with E-state index in [1.54, 1.807) is 23.9 Å². The van der Waals surface area contributed by atoms with Crippen LogP contribution in [0.15, 0.2) is 83.8 Å². The number of carbonyl (C=O) groups excluding carboxylic acids is 1. The molecule has 1 aliphatic rings. The van der Waals surface area contributed by atoms with Crippen LogP contribution in [0.25, 0.3) is 11.3 Å². The van der Waals surface area contributed by atoms with Crippen molar-refractivity contribution in [2.24, 2.45) is 0 Å². The van der Waals surface area contributed by atoms with Crippen molar-refractivity contribution in [3.63, 3.8) is 0 Å². The van der Waals surface area contributed by atoms with E-state index >= 15 is 0 Å². The Morgan fingerprint density at radius 3 is 2.44 bits per heavy atom. The van der Waals surface area contributed by atoms with Crippen molar-refractivity contribution >= 4 is 17.7 Å². The fraction of sp³-hybridized carbons (Fsp3) is 0.154. The van der Waals surface area contributed by atoms with Gasteiger partial charge < -0.3 is 10.0 Å². The molecule has 1 atom stereocenters. The fourth-order valence-electron chi connectivity index (χ4n) is 4.33. The number of phenolic OH excluding ortho intramolecular Hbond substituents is 1. The van der Waals surface area contributed by atoms with Crippen molar-refractivity contribution in [3.8, 4) is 17.0 Å². The average Bonchev–Trinajstić information content (AvgIpc) is 3.37. The minimum absolute atomic E-state index is 0.0657. The van der Waals surface area contributed by atoms with Crippen LogP contribution in [0.3, 0.4) is 0 Å². The third-order valence-corrected chi connectivity index (χ3v) is 6.68. The number of aromatic amines is 1. The van der Waals surface area contributed by atoms with Crippen molar-refractivity contribution in [2.75, 3.05) is 12.8 Å². The molecule has 0 aliphatic carbocycles. The SMILES string of the molecule is CSc1ccc([C@H]2c3c(-c4ccccc4O)n[nH]c3C(=O)N2CCc2ccccc2)cc1. The van der Waals surface area contributed by atoms with Gasteiger partial charge in [0.2, 0.25) is 0 Å². The molecule has 0 spiro atoms. The first kappa shape index (κ1) is 20.4. The summed E-state index contributed by atoms with van der Waals surface area (Å²) in [5, 5.41) is 17.9. The summed E-state index contributed by atoms with van der Waals surface area (Å²) in [5.74, 6) is 0.0810. The summed E-state index contributed by atoms with van der Waals surface area (Å²) in [6, 6.07) is 25.4. The highest BCUT2D eigenvalue weighted by atomic mass is 32.2. The van der Waals surface area contributed by atoms with Gasteiger partial charge in [-0.1, -0.05) is 54.6 Å². The van der Waals surface area contributed by atoms with Crippen LogP contribution in [0.5, 0.6) is 5.75 Å². The smallest absolute Gasteiger partial charge is 0.273 e. The number of nitrogens with one attached hydrogen (secondary N) is 1. The van der Waals surface area contributed by atoms with Crippen molar-refractivity contribution in [2.45, 2.75) is 17.4 Å². The van der Waals surface area contributed by atoms with E-state index < -0.39 is 0 Å². The number of thioether (sulfide) groups is 1. The summed E-state index contributed by atoms with van der Waals surface area (Å²) in [4.78, 5) is 16.5. The molecule has 5 rings (SSSR count). The molecule has 1 amide bonds. The first-order valence-corrected chi connectivity index (χ1v) is 11.8. The lowest BCUT2D eigenvalue weighted by Crippen LogP contribution is -2.31.